The van der Waals surface area contributed by atoms with Crippen molar-refractivity contribution in [2.45, 2.75) is 328 Å². The molecule has 0 aliphatic heterocycles. The van der Waals surface area contributed by atoms with Crippen LogP contribution in [-0.2, 0) is 9.53 Å². The fraction of sp³-hybridized carbons (Fsp3) is 0.981. The van der Waals surface area contributed by atoms with Crippen molar-refractivity contribution in [1.29, 1.82) is 0 Å². The average molecular weight is 1280 g/mol. The second-order valence-electron chi connectivity index (χ2n) is 21.6. The Balaban J connectivity index is 4.55. The molecule has 0 amide bonds. The molecule has 0 heterocycles. The van der Waals surface area contributed by atoms with Gasteiger partial charge in [0.15, 0.2) is 0 Å². The van der Waals surface area contributed by atoms with Crippen molar-refractivity contribution in [3.05, 3.63) is 0 Å². The molecule has 0 unspecified atom stereocenters. The van der Waals surface area contributed by atoms with Crippen LogP contribution in [0.1, 0.15) is 251 Å². The minimum absolute atomic E-state index is 0.101. The summed E-state index contributed by atoms with van der Waals surface area (Å²) in [5, 5.41) is 0. The largest absolute Gasteiger partial charge is 0.461 e. The normalized spacial score (nSPS) is 14.5. The third kappa shape index (κ3) is 20.6. The number of unbranched alkanes of at least 4 members (excludes halogenated alkanes) is 37. The van der Waals surface area contributed by atoms with Crippen LogP contribution in [0.5, 0.6) is 0 Å². The van der Waals surface area contributed by atoms with E-state index >= 15 is 0 Å². The van der Waals surface area contributed by atoms with E-state index in [9.17, 15) is 123 Å². The third-order valence-electron chi connectivity index (χ3n) is 14.7. The van der Waals surface area contributed by atoms with E-state index in [1.165, 1.54) is 161 Å². The maximum absolute atomic E-state index is 14.3. The zero-order chi connectivity index (χ0) is 64.4. The topological polar surface area (TPSA) is 26.3 Å². The molecule has 498 valence electrons. The SMILES string of the molecule is CCCCCCCCCCCCCCCCCCCCCCCCCCCCCCCCCCCCCCCCOC(=O)C(F)(F)C(F)(F)C(F)(F)C(F)(F)C(F)(F)C(F)(F)C(F)(F)C(F)(F)C(F)(F)C(F)(F)C(F)(F)C(F)(F)C(F)(F)F. The summed E-state index contributed by atoms with van der Waals surface area (Å²) in [6, 6.07) is 0. The number of alkyl halides is 27. The Hall–Kier alpha value is -2.42. The molecular weight excluding hydrogens is 1190 g/mol. The van der Waals surface area contributed by atoms with Crippen LogP contribution in [0.15, 0.2) is 0 Å². The van der Waals surface area contributed by atoms with Gasteiger partial charge in [-0.3, -0.25) is 0 Å². The minimum atomic E-state index is -9.85. The Morgan fingerprint density at radius 2 is 0.361 bits per heavy atom. The Morgan fingerprint density at radius 1 is 0.217 bits per heavy atom. The molecule has 0 bridgehead atoms. The summed E-state index contributed by atoms with van der Waals surface area (Å²) in [6.07, 6.45) is 33.4. The Bertz CT molecular complexity index is 1750. The molecule has 0 N–H and O–H groups in total. The summed E-state index contributed by atoms with van der Waals surface area (Å²) in [5.74, 6) is -115. The second-order valence-corrected chi connectivity index (χ2v) is 21.6. The van der Waals surface area contributed by atoms with Crippen molar-refractivity contribution in [2.75, 3.05) is 6.61 Å². The number of ether oxygens (including phenoxy) is 1. The van der Waals surface area contributed by atoms with Crippen LogP contribution in [0, 0.1) is 0 Å². The molecule has 0 radical (unpaired) electrons. The van der Waals surface area contributed by atoms with Crippen molar-refractivity contribution in [3.63, 3.8) is 0 Å². The van der Waals surface area contributed by atoms with Crippen LogP contribution in [0.3, 0.4) is 0 Å². The van der Waals surface area contributed by atoms with Crippen molar-refractivity contribution in [2.24, 2.45) is 0 Å². The standard InChI is InChI=1S/C54H81F27O2/c1-2-3-4-5-6-7-8-9-10-11-12-13-14-15-16-17-18-19-20-21-22-23-24-25-26-27-28-29-30-31-32-33-34-35-36-37-38-39-40-83-41(82)42(55,56)43(57,58)44(59,60)45(61,62)46(63,64)47(65,66)48(67,68)49(69,70)50(71,72)51(73,74)52(75,76)53(77,78)54(79,80)81/h2-40H2,1H3. The van der Waals surface area contributed by atoms with Gasteiger partial charge in [-0.2, -0.15) is 119 Å². The van der Waals surface area contributed by atoms with Gasteiger partial charge in [0.1, 0.15) is 0 Å². The Morgan fingerprint density at radius 3 is 0.530 bits per heavy atom. The van der Waals surface area contributed by atoms with E-state index in [1.807, 2.05) is 0 Å². The molecule has 0 saturated heterocycles. The molecule has 0 aliphatic carbocycles. The molecule has 0 aromatic heterocycles. The van der Waals surface area contributed by atoms with Gasteiger partial charge < -0.3 is 4.74 Å². The molecule has 0 rings (SSSR count). The predicted molar refractivity (Wildman–Crippen MR) is 257 cm³/mol. The second kappa shape index (κ2) is 34.9. The van der Waals surface area contributed by atoms with Gasteiger partial charge in [0, 0.05) is 0 Å². The van der Waals surface area contributed by atoms with Crippen LogP contribution in [0.2, 0.25) is 0 Å². The van der Waals surface area contributed by atoms with E-state index in [0.717, 1.165) is 51.4 Å². The third-order valence-corrected chi connectivity index (χ3v) is 14.7. The van der Waals surface area contributed by atoms with Crippen LogP contribution >= 0.6 is 0 Å². The first-order valence-electron chi connectivity index (χ1n) is 28.8. The van der Waals surface area contributed by atoms with E-state index in [2.05, 4.69) is 11.7 Å². The van der Waals surface area contributed by atoms with E-state index in [-0.39, 0.29) is 12.8 Å². The maximum atomic E-state index is 14.3. The first kappa shape index (κ1) is 80.6. The predicted octanol–water partition coefficient (Wildman–Crippen LogP) is 23.6. The van der Waals surface area contributed by atoms with Crippen molar-refractivity contribution in [3.8, 4) is 0 Å². The van der Waals surface area contributed by atoms with E-state index in [4.69, 9.17) is 0 Å². The van der Waals surface area contributed by atoms with Gasteiger partial charge >= 0.3 is 83.2 Å². The monoisotopic (exact) mass is 1270 g/mol. The summed E-state index contributed by atoms with van der Waals surface area (Å²) < 4.78 is 374. The van der Waals surface area contributed by atoms with Crippen LogP contribution in [-0.4, -0.2) is 89.8 Å². The Labute approximate surface area is 468 Å². The molecule has 0 saturated carbocycles. The van der Waals surface area contributed by atoms with E-state index in [1.54, 1.807) is 0 Å². The first-order valence-corrected chi connectivity index (χ1v) is 28.8. The number of hydrogen-bond donors (Lipinski definition) is 0. The van der Waals surface area contributed by atoms with Gasteiger partial charge in [0.2, 0.25) is 0 Å². The number of esters is 1. The first-order chi connectivity index (χ1) is 38.0. The minimum Gasteiger partial charge on any atom is -0.461 e. The number of carbonyl (C=O) groups is 1. The lowest BCUT2D eigenvalue weighted by Gasteiger charge is -2.45. The fourth-order valence-corrected chi connectivity index (χ4v) is 9.07. The fourth-order valence-electron chi connectivity index (χ4n) is 9.07. The lowest BCUT2D eigenvalue weighted by atomic mass is 9.84. The zero-order valence-electron chi connectivity index (χ0n) is 46.6. The van der Waals surface area contributed by atoms with Gasteiger partial charge in [0.05, 0.1) is 6.61 Å². The molecule has 0 aromatic carbocycles. The van der Waals surface area contributed by atoms with E-state index < -0.39 is 96.2 Å². The molecular formula is C54H81F27O2. The highest BCUT2D eigenvalue weighted by atomic mass is 19.4. The highest BCUT2D eigenvalue weighted by Crippen LogP contribution is 2.68. The smallest absolute Gasteiger partial charge is 0.460 e. The molecule has 0 aliphatic rings. The number of rotatable bonds is 51. The zero-order valence-corrected chi connectivity index (χ0v) is 46.6. The summed E-state index contributed by atoms with van der Waals surface area (Å²) in [6.45, 7) is 0.782. The molecule has 2 nitrogen and oxygen atoms in total. The van der Waals surface area contributed by atoms with Gasteiger partial charge in [-0.25, -0.2) is 4.79 Å². The molecule has 29 heteroatoms. The summed E-state index contributed by atoms with van der Waals surface area (Å²) in [4.78, 5) is 11.6. The lowest BCUT2D eigenvalue weighted by Crippen LogP contribution is -2.79. The van der Waals surface area contributed by atoms with Gasteiger partial charge in [0.25, 0.3) is 0 Å². The number of carbonyl (C=O) groups excluding carboxylic acids is 1. The van der Waals surface area contributed by atoms with Crippen molar-refractivity contribution >= 4 is 5.97 Å². The van der Waals surface area contributed by atoms with Crippen molar-refractivity contribution in [1.82, 2.24) is 0 Å². The van der Waals surface area contributed by atoms with Crippen molar-refractivity contribution < 1.29 is 128 Å². The highest BCUT2D eigenvalue weighted by Gasteiger charge is 3.00. The molecule has 0 fully saturated rings. The maximum Gasteiger partial charge on any atom is 0.460 e. The van der Waals surface area contributed by atoms with Gasteiger partial charge in [-0.1, -0.05) is 244 Å². The highest BCUT2D eigenvalue weighted by molar-refractivity contribution is 5.79. The van der Waals surface area contributed by atoms with Gasteiger partial charge in [-0.05, 0) is 6.42 Å². The number of halogens is 27. The quantitative estimate of drug-likeness (QED) is 0.0345. The molecule has 83 heavy (non-hydrogen) atoms. The molecule has 0 aromatic rings. The Kier molecular flexibility index (Phi) is 33.9. The van der Waals surface area contributed by atoms with Crippen LogP contribution in [0.25, 0.3) is 0 Å². The number of hydrogen-bond acceptors (Lipinski definition) is 2. The molecule has 0 spiro atoms. The van der Waals surface area contributed by atoms with E-state index in [0.29, 0.717) is 12.8 Å². The summed E-state index contributed by atoms with van der Waals surface area (Å²) in [7, 11) is 0. The molecule has 0 atom stereocenters. The summed E-state index contributed by atoms with van der Waals surface area (Å²) >= 11 is 0. The van der Waals surface area contributed by atoms with Crippen LogP contribution in [0.4, 0.5) is 119 Å². The van der Waals surface area contributed by atoms with Gasteiger partial charge in [-0.15, -0.1) is 0 Å². The summed E-state index contributed by atoms with van der Waals surface area (Å²) in [5.41, 5.74) is 0. The average Bonchev–Trinajstić information content (AvgIpc) is 1.01. The lowest BCUT2D eigenvalue weighted by molar-refractivity contribution is -0.484. The van der Waals surface area contributed by atoms with Crippen LogP contribution < -0.4 is 0 Å².